The van der Waals surface area contributed by atoms with E-state index in [2.05, 4.69) is 5.32 Å². The summed E-state index contributed by atoms with van der Waals surface area (Å²) in [6.45, 7) is 3.29. The van der Waals surface area contributed by atoms with Crippen molar-refractivity contribution in [1.82, 2.24) is 5.32 Å². The van der Waals surface area contributed by atoms with Crippen LogP contribution in [0.4, 0.5) is 0 Å². The first-order valence-corrected chi connectivity index (χ1v) is 9.62. The summed E-state index contributed by atoms with van der Waals surface area (Å²) in [5.74, 6) is -0.726. The van der Waals surface area contributed by atoms with Crippen LogP contribution in [0.15, 0.2) is 17.0 Å². The Kier molecular flexibility index (Phi) is 5.13. The van der Waals surface area contributed by atoms with Crippen molar-refractivity contribution < 1.29 is 21.6 Å². The molecule has 0 spiro atoms. The first-order chi connectivity index (χ1) is 9.42. The fourth-order valence-electron chi connectivity index (χ4n) is 1.67. The van der Waals surface area contributed by atoms with Gasteiger partial charge in [-0.3, -0.25) is 4.79 Å². The Morgan fingerprint density at radius 2 is 1.76 bits per heavy atom. The average molecular weight is 334 g/mol. The number of primary sulfonamides is 1. The Morgan fingerprint density at radius 1 is 1.19 bits per heavy atom. The van der Waals surface area contributed by atoms with Crippen molar-refractivity contribution in [3.8, 4) is 0 Å². The number of sulfonamides is 1. The van der Waals surface area contributed by atoms with E-state index in [1.807, 2.05) is 0 Å². The SMILES string of the molecule is Cc1cc(S(N)(=O)=O)cc(C(=O)NCCS(C)(=O)=O)c1C. The van der Waals surface area contributed by atoms with Crippen molar-refractivity contribution >= 4 is 25.8 Å². The zero-order valence-electron chi connectivity index (χ0n) is 12.0. The molecule has 0 aromatic heterocycles. The fraction of sp³-hybridized carbons (Fsp3) is 0.417. The topological polar surface area (TPSA) is 123 Å². The summed E-state index contributed by atoms with van der Waals surface area (Å²) in [5.41, 5.74) is 1.38. The second-order valence-corrected chi connectivity index (χ2v) is 8.66. The minimum Gasteiger partial charge on any atom is -0.351 e. The number of benzene rings is 1. The number of amides is 1. The van der Waals surface area contributed by atoms with Crippen LogP contribution in [0.3, 0.4) is 0 Å². The van der Waals surface area contributed by atoms with Gasteiger partial charge in [0.1, 0.15) is 9.84 Å². The zero-order valence-corrected chi connectivity index (χ0v) is 13.6. The number of hydrogen-bond acceptors (Lipinski definition) is 5. The highest BCUT2D eigenvalue weighted by Gasteiger charge is 2.17. The van der Waals surface area contributed by atoms with Gasteiger partial charge in [0.25, 0.3) is 5.91 Å². The van der Waals surface area contributed by atoms with E-state index in [9.17, 15) is 21.6 Å². The van der Waals surface area contributed by atoms with Crippen LogP contribution < -0.4 is 10.5 Å². The first-order valence-electron chi connectivity index (χ1n) is 6.02. The average Bonchev–Trinajstić information content (AvgIpc) is 2.29. The summed E-state index contributed by atoms with van der Waals surface area (Å²) in [5, 5.41) is 7.51. The highest BCUT2D eigenvalue weighted by atomic mass is 32.2. The van der Waals surface area contributed by atoms with Gasteiger partial charge in [0, 0.05) is 18.4 Å². The molecular formula is C12H18N2O5S2. The molecule has 118 valence electrons. The second-order valence-electron chi connectivity index (χ2n) is 4.84. The lowest BCUT2D eigenvalue weighted by atomic mass is 10.0. The van der Waals surface area contributed by atoms with Crippen LogP contribution in [0.2, 0.25) is 0 Å². The lowest BCUT2D eigenvalue weighted by molar-refractivity contribution is 0.0955. The van der Waals surface area contributed by atoms with Gasteiger partial charge in [0.05, 0.1) is 10.6 Å². The Morgan fingerprint density at radius 3 is 2.24 bits per heavy atom. The Bertz CT molecular complexity index is 767. The van der Waals surface area contributed by atoms with Gasteiger partial charge in [-0.15, -0.1) is 0 Å². The normalized spacial score (nSPS) is 12.2. The van der Waals surface area contributed by atoms with E-state index in [0.717, 1.165) is 6.26 Å². The van der Waals surface area contributed by atoms with Gasteiger partial charge < -0.3 is 5.32 Å². The maximum absolute atomic E-state index is 12.0. The van der Waals surface area contributed by atoms with E-state index in [4.69, 9.17) is 5.14 Å². The molecule has 0 saturated heterocycles. The minimum atomic E-state index is -3.92. The number of aryl methyl sites for hydroxylation is 1. The number of hydrogen-bond donors (Lipinski definition) is 2. The van der Waals surface area contributed by atoms with E-state index in [1.54, 1.807) is 13.8 Å². The molecule has 21 heavy (non-hydrogen) atoms. The van der Waals surface area contributed by atoms with E-state index >= 15 is 0 Å². The van der Waals surface area contributed by atoms with Gasteiger partial charge in [0.2, 0.25) is 10.0 Å². The highest BCUT2D eigenvalue weighted by Crippen LogP contribution is 2.19. The fourth-order valence-corrected chi connectivity index (χ4v) is 2.77. The lowest BCUT2D eigenvalue weighted by Gasteiger charge is -2.11. The molecule has 9 heteroatoms. The summed E-state index contributed by atoms with van der Waals surface area (Å²) < 4.78 is 44.8. The first kappa shape index (κ1) is 17.6. The van der Waals surface area contributed by atoms with Crippen LogP contribution in [-0.2, 0) is 19.9 Å². The van der Waals surface area contributed by atoms with Crippen LogP contribution >= 0.6 is 0 Å². The highest BCUT2D eigenvalue weighted by molar-refractivity contribution is 7.90. The maximum atomic E-state index is 12.0. The van der Waals surface area contributed by atoms with Crippen LogP contribution in [0.5, 0.6) is 0 Å². The Hall–Kier alpha value is -1.45. The third kappa shape index (κ3) is 5.10. The molecule has 0 aliphatic rings. The second kappa shape index (κ2) is 6.12. The summed E-state index contributed by atoms with van der Waals surface area (Å²) in [7, 11) is -7.10. The summed E-state index contributed by atoms with van der Waals surface area (Å²) in [4.78, 5) is 11.9. The van der Waals surface area contributed by atoms with Gasteiger partial charge in [-0.1, -0.05) is 0 Å². The molecule has 1 aromatic rings. The van der Waals surface area contributed by atoms with Crippen LogP contribution in [0, 0.1) is 13.8 Å². The number of nitrogens with one attached hydrogen (secondary N) is 1. The van der Waals surface area contributed by atoms with E-state index in [1.165, 1.54) is 12.1 Å². The minimum absolute atomic E-state index is 0.0459. The van der Waals surface area contributed by atoms with E-state index in [-0.39, 0.29) is 22.8 Å². The van der Waals surface area contributed by atoms with Crippen LogP contribution in [-0.4, -0.2) is 41.3 Å². The molecule has 1 aromatic carbocycles. The maximum Gasteiger partial charge on any atom is 0.251 e. The Balaban J connectivity index is 3.07. The summed E-state index contributed by atoms with van der Waals surface area (Å²) in [6, 6.07) is 2.57. The third-order valence-electron chi connectivity index (χ3n) is 2.97. The molecular weight excluding hydrogens is 316 g/mol. The molecule has 0 bridgehead atoms. The van der Waals surface area contributed by atoms with Crippen LogP contribution in [0.25, 0.3) is 0 Å². The molecule has 0 saturated carbocycles. The summed E-state index contributed by atoms with van der Waals surface area (Å²) in [6.07, 6.45) is 1.07. The molecule has 3 N–H and O–H groups in total. The molecule has 0 radical (unpaired) electrons. The number of carbonyl (C=O) groups is 1. The van der Waals surface area contributed by atoms with E-state index < -0.39 is 25.8 Å². The third-order valence-corrected chi connectivity index (χ3v) is 4.81. The van der Waals surface area contributed by atoms with Crippen molar-refractivity contribution in [2.45, 2.75) is 18.7 Å². The molecule has 7 nitrogen and oxygen atoms in total. The largest absolute Gasteiger partial charge is 0.351 e. The standard InChI is InChI=1S/C12H18N2O5S2/c1-8-6-10(21(13,18)19)7-11(9(8)2)12(15)14-4-5-20(3,16)17/h6-7H,4-5H2,1-3H3,(H,14,15)(H2,13,18,19). The van der Waals surface area contributed by atoms with Crippen molar-refractivity contribution in [1.29, 1.82) is 0 Å². The number of nitrogens with two attached hydrogens (primary N) is 1. The molecule has 1 rings (SSSR count). The number of rotatable bonds is 5. The molecule has 0 aliphatic carbocycles. The van der Waals surface area contributed by atoms with Gasteiger partial charge in [-0.2, -0.15) is 0 Å². The predicted molar refractivity (Wildman–Crippen MR) is 79.3 cm³/mol. The van der Waals surface area contributed by atoms with Gasteiger partial charge in [-0.25, -0.2) is 22.0 Å². The van der Waals surface area contributed by atoms with Crippen LogP contribution in [0.1, 0.15) is 21.5 Å². The van der Waals surface area contributed by atoms with Gasteiger partial charge in [-0.05, 0) is 37.1 Å². The van der Waals surface area contributed by atoms with Gasteiger partial charge >= 0.3 is 0 Å². The molecule has 0 unspecified atom stereocenters. The number of carbonyl (C=O) groups excluding carboxylic acids is 1. The lowest BCUT2D eigenvalue weighted by Crippen LogP contribution is -2.29. The van der Waals surface area contributed by atoms with Crippen molar-refractivity contribution in [3.05, 3.63) is 28.8 Å². The predicted octanol–water partition coefficient (Wildman–Crippen LogP) is -0.275. The smallest absolute Gasteiger partial charge is 0.251 e. The van der Waals surface area contributed by atoms with Gasteiger partial charge in [0.15, 0.2) is 0 Å². The van der Waals surface area contributed by atoms with E-state index in [0.29, 0.717) is 11.1 Å². The van der Waals surface area contributed by atoms with Crippen molar-refractivity contribution in [2.75, 3.05) is 18.6 Å². The van der Waals surface area contributed by atoms with Crippen molar-refractivity contribution in [3.63, 3.8) is 0 Å². The molecule has 0 heterocycles. The summed E-state index contributed by atoms with van der Waals surface area (Å²) >= 11 is 0. The molecule has 0 atom stereocenters. The number of sulfone groups is 1. The monoisotopic (exact) mass is 334 g/mol. The Labute approximate surface area is 124 Å². The quantitative estimate of drug-likeness (QED) is 0.767. The molecule has 0 fully saturated rings. The molecule has 1 amide bonds. The van der Waals surface area contributed by atoms with Crippen molar-refractivity contribution in [2.24, 2.45) is 5.14 Å². The zero-order chi connectivity index (χ0) is 16.4. The molecule has 0 aliphatic heterocycles.